The molecule has 2 rings (SSSR count). The van der Waals surface area contributed by atoms with Crippen molar-refractivity contribution in [2.45, 2.75) is 0 Å². The Morgan fingerprint density at radius 1 is 1.62 bits per heavy atom. The van der Waals surface area contributed by atoms with Gasteiger partial charge in [-0.25, -0.2) is 4.79 Å². The molecule has 0 amide bonds. The third kappa shape index (κ3) is 1.17. The molecule has 2 heterocycles. The Bertz CT molecular complexity index is 379. The Kier molecular flexibility index (Phi) is 1.73. The molecule has 0 spiro atoms. The van der Waals surface area contributed by atoms with Crippen LogP contribution < -0.4 is 9.47 Å². The molecule has 1 aromatic rings. The van der Waals surface area contributed by atoms with Crippen LogP contribution in [-0.2, 0) is 4.74 Å². The van der Waals surface area contributed by atoms with Gasteiger partial charge in [0.15, 0.2) is 16.4 Å². The minimum absolute atomic E-state index is 0.183. The maximum absolute atomic E-state index is 11.2. The van der Waals surface area contributed by atoms with Gasteiger partial charge in [-0.2, -0.15) is 0 Å². The average Bonchev–Trinajstić information content (AvgIpc) is 2.61. The SMILES string of the molecule is C=C1Oc2csc(C(=O)OC)c2O1. The minimum atomic E-state index is -0.426. The molecule has 0 bridgehead atoms. The predicted molar refractivity (Wildman–Crippen MR) is 46.1 cm³/mol. The second-order valence-corrected chi connectivity index (χ2v) is 3.21. The standard InChI is InChI=1S/C8H6O4S/c1-4-11-5-3-13-7(6(5)12-4)8(9)10-2/h3H,1H2,2H3. The highest BCUT2D eigenvalue weighted by molar-refractivity contribution is 7.12. The Hall–Kier alpha value is -1.49. The number of methoxy groups -OCH3 is 1. The smallest absolute Gasteiger partial charge is 0.352 e. The van der Waals surface area contributed by atoms with E-state index in [0.717, 1.165) is 0 Å². The topological polar surface area (TPSA) is 44.8 Å². The van der Waals surface area contributed by atoms with Crippen LogP contribution in [0.15, 0.2) is 17.9 Å². The van der Waals surface area contributed by atoms with Crippen LogP contribution in [0.1, 0.15) is 9.67 Å². The van der Waals surface area contributed by atoms with Crippen LogP contribution in [0.25, 0.3) is 0 Å². The van der Waals surface area contributed by atoms with Gasteiger partial charge in [0.05, 0.1) is 7.11 Å². The van der Waals surface area contributed by atoms with Gasteiger partial charge in [0.2, 0.25) is 0 Å². The van der Waals surface area contributed by atoms with E-state index in [9.17, 15) is 4.79 Å². The molecule has 1 aromatic heterocycles. The van der Waals surface area contributed by atoms with Crippen molar-refractivity contribution >= 4 is 17.3 Å². The number of esters is 1. The molecular formula is C8H6O4S. The van der Waals surface area contributed by atoms with E-state index in [1.165, 1.54) is 18.4 Å². The summed E-state index contributed by atoms with van der Waals surface area (Å²) in [5.74, 6) is 0.685. The van der Waals surface area contributed by atoms with Crippen molar-refractivity contribution in [1.29, 1.82) is 0 Å². The van der Waals surface area contributed by atoms with Crippen molar-refractivity contribution in [3.8, 4) is 11.5 Å². The van der Waals surface area contributed by atoms with E-state index in [2.05, 4.69) is 11.3 Å². The summed E-state index contributed by atoms with van der Waals surface area (Å²) >= 11 is 1.22. The number of hydrogen-bond donors (Lipinski definition) is 0. The van der Waals surface area contributed by atoms with Crippen molar-refractivity contribution < 1.29 is 19.0 Å². The summed E-state index contributed by atoms with van der Waals surface area (Å²) in [6.07, 6.45) is 0. The zero-order chi connectivity index (χ0) is 9.42. The Balaban J connectivity index is 2.41. The number of thiophene rings is 1. The van der Waals surface area contributed by atoms with Gasteiger partial charge in [-0.15, -0.1) is 11.3 Å². The van der Waals surface area contributed by atoms with Crippen LogP contribution in [0.2, 0.25) is 0 Å². The van der Waals surface area contributed by atoms with Crippen LogP contribution in [0.3, 0.4) is 0 Å². The third-order valence-corrected chi connectivity index (χ3v) is 2.44. The molecule has 0 fully saturated rings. The second-order valence-electron chi connectivity index (χ2n) is 2.33. The first-order valence-electron chi connectivity index (χ1n) is 3.47. The van der Waals surface area contributed by atoms with Gasteiger partial charge in [-0.3, -0.25) is 0 Å². The predicted octanol–water partition coefficient (Wildman–Crippen LogP) is 1.78. The van der Waals surface area contributed by atoms with Crippen LogP contribution in [0, 0.1) is 0 Å². The molecule has 0 saturated heterocycles. The van der Waals surface area contributed by atoms with Gasteiger partial charge in [-0.05, 0) is 6.58 Å². The molecule has 0 aliphatic carbocycles. The largest absolute Gasteiger partial charge is 0.465 e. The van der Waals surface area contributed by atoms with Crippen molar-refractivity contribution in [2.75, 3.05) is 7.11 Å². The molecule has 0 N–H and O–H groups in total. The summed E-state index contributed by atoms with van der Waals surface area (Å²) in [5, 5.41) is 1.68. The van der Waals surface area contributed by atoms with Crippen LogP contribution in [0.4, 0.5) is 0 Å². The van der Waals surface area contributed by atoms with Gasteiger partial charge < -0.3 is 14.2 Å². The summed E-state index contributed by atoms with van der Waals surface area (Å²) in [6.45, 7) is 3.48. The lowest BCUT2D eigenvalue weighted by molar-refractivity contribution is 0.0603. The van der Waals surface area contributed by atoms with Gasteiger partial charge >= 0.3 is 5.97 Å². The Labute approximate surface area is 78.3 Å². The van der Waals surface area contributed by atoms with E-state index in [1.54, 1.807) is 5.38 Å². The first-order chi connectivity index (χ1) is 6.22. The third-order valence-electron chi connectivity index (χ3n) is 1.52. The van der Waals surface area contributed by atoms with E-state index in [-0.39, 0.29) is 5.95 Å². The quantitative estimate of drug-likeness (QED) is 0.645. The van der Waals surface area contributed by atoms with Crippen molar-refractivity contribution in [3.63, 3.8) is 0 Å². The van der Waals surface area contributed by atoms with Crippen molar-refractivity contribution in [1.82, 2.24) is 0 Å². The maximum atomic E-state index is 11.2. The van der Waals surface area contributed by atoms with Crippen molar-refractivity contribution in [2.24, 2.45) is 0 Å². The Morgan fingerprint density at radius 3 is 3.08 bits per heavy atom. The highest BCUT2D eigenvalue weighted by Gasteiger charge is 2.27. The molecule has 0 radical (unpaired) electrons. The molecule has 1 aliphatic rings. The van der Waals surface area contributed by atoms with Gasteiger partial charge in [0.25, 0.3) is 5.95 Å². The highest BCUT2D eigenvalue weighted by atomic mass is 32.1. The number of hydrogen-bond acceptors (Lipinski definition) is 5. The fourth-order valence-corrected chi connectivity index (χ4v) is 1.80. The molecule has 4 nitrogen and oxygen atoms in total. The zero-order valence-corrected chi connectivity index (χ0v) is 7.64. The summed E-state index contributed by atoms with van der Waals surface area (Å²) in [5.41, 5.74) is 0. The van der Waals surface area contributed by atoms with Gasteiger partial charge in [0.1, 0.15) is 0 Å². The minimum Gasteiger partial charge on any atom is -0.465 e. The summed E-state index contributed by atoms with van der Waals surface area (Å²) < 4.78 is 14.7. The molecule has 5 heteroatoms. The first-order valence-corrected chi connectivity index (χ1v) is 4.34. The number of fused-ring (bicyclic) bond motifs is 1. The lowest BCUT2D eigenvalue weighted by Crippen LogP contribution is -2.00. The lowest BCUT2D eigenvalue weighted by atomic mass is 10.4. The van der Waals surface area contributed by atoms with E-state index in [1.807, 2.05) is 0 Å². The number of rotatable bonds is 1. The first kappa shape index (κ1) is 8.12. The number of carbonyl (C=O) groups excluding carboxylic acids is 1. The molecule has 13 heavy (non-hydrogen) atoms. The van der Waals surface area contributed by atoms with E-state index in [0.29, 0.717) is 16.4 Å². The summed E-state index contributed by atoms with van der Waals surface area (Å²) in [7, 11) is 1.32. The summed E-state index contributed by atoms with van der Waals surface area (Å²) in [4.78, 5) is 11.6. The van der Waals surface area contributed by atoms with E-state index >= 15 is 0 Å². The zero-order valence-electron chi connectivity index (χ0n) is 6.83. The number of ether oxygens (including phenoxy) is 3. The molecular weight excluding hydrogens is 192 g/mol. The summed E-state index contributed by atoms with van der Waals surface area (Å²) in [6, 6.07) is 0. The molecule has 0 aromatic carbocycles. The Morgan fingerprint density at radius 2 is 2.38 bits per heavy atom. The van der Waals surface area contributed by atoms with Crippen LogP contribution >= 0.6 is 11.3 Å². The average molecular weight is 198 g/mol. The molecule has 0 unspecified atom stereocenters. The molecule has 0 saturated carbocycles. The van der Waals surface area contributed by atoms with E-state index < -0.39 is 5.97 Å². The molecule has 68 valence electrons. The van der Waals surface area contributed by atoms with Gasteiger partial charge in [0, 0.05) is 5.38 Å². The molecule has 1 aliphatic heterocycles. The number of carbonyl (C=O) groups is 1. The van der Waals surface area contributed by atoms with Crippen molar-refractivity contribution in [3.05, 3.63) is 22.8 Å². The van der Waals surface area contributed by atoms with Crippen LogP contribution in [0.5, 0.6) is 11.5 Å². The maximum Gasteiger partial charge on any atom is 0.352 e. The van der Waals surface area contributed by atoms with E-state index in [4.69, 9.17) is 9.47 Å². The molecule has 0 atom stereocenters. The highest BCUT2D eigenvalue weighted by Crippen LogP contribution is 2.43. The van der Waals surface area contributed by atoms with Crippen LogP contribution in [-0.4, -0.2) is 13.1 Å². The second kappa shape index (κ2) is 2.77. The van der Waals surface area contributed by atoms with Gasteiger partial charge in [-0.1, -0.05) is 0 Å². The lowest BCUT2D eigenvalue weighted by Gasteiger charge is -1.97. The fraction of sp³-hybridized carbons (Fsp3) is 0.125. The normalized spacial score (nSPS) is 13.2. The fourth-order valence-electron chi connectivity index (χ4n) is 0.989. The monoisotopic (exact) mass is 198 g/mol.